The van der Waals surface area contributed by atoms with Crippen LogP contribution in [0.4, 0.5) is 10.1 Å². The third-order valence-electron chi connectivity index (χ3n) is 7.52. The van der Waals surface area contributed by atoms with E-state index >= 15 is 0 Å². The van der Waals surface area contributed by atoms with Crippen LogP contribution in [-0.4, -0.2) is 59.8 Å². The van der Waals surface area contributed by atoms with Gasteiger partial charge < -0.3 is 10.1 Å². The molecule has 0 saturated carbocycles. The maximum absolute atomic E-state index is 14.9. The van der Waals surface area contributed by atoms with Crippen LogP contribution in [0.3, 0.4) is 0 Å². The minimum atomic E-state index is -1.25. The van der Waals surface area contributed by atoms with Crippen LogP contribution in [0.5, 0.6) is 5.75 Å². The quantitative estimate of drug-likeness (QED) is 0.591. The van der Waals surface area contributed by atoms with Gasteiger partial charge in [-0.1, -0.05) is 37.3 Å². The molecule has 2 unspecified atom stereocenters. The first-order valence-electron chi connectivity index (χ1n) is 12.6. The Morgan fingerprint density at radius 1 is 1.09 bits per heavy atom. The van der Waals surface area contributed by atoms with E-state index in [0.29, 0.717) is 18.5 Å². The van der Waals surface area contributed by atoms with Crippen LogP contribution in [0.15, 0.2) is 48.5 Å². The number of ether oxygens (including phenoxy) is 1. The van der Waals surface area contributed by atoms with Crippen molar-refractivity contribution >= 4 is 5.69 Å². The van der Waals surface area contributed by atoms with Crippen LogP contribution >= 0.6 is 0 Å². The van der Waals surface area contributed by atoms with Crippen molar-refractivity contribution in [2.75, 3.05) is 31.5 Å². The van der Waals surface area contributed by atoms with E-state index < -0.39 is 5.67 Å². The normalized spacial score (nSPS) is 28.0. The number of likely N-dealkylation sites (tertiary alicyclic amines) is 2. The Kier molecular flexibility index (Phi) is 6.13. The molecule has 0 spiro atoms. The molecule has 3 aliphatic rings. The van der Waals surface area contributed by atoms with Gasteiger partial charge in [0.1, 0.15) is 17.5 Å². The van der Waals surface area contributed by atoms with Gasteiger partial charge in [0.2, 0.25) is 0 Å². The summed E-state index contributed by atoms with van der Waals surface area (Å²) in [6.45, 7) is 11.5. The Hall–Kier alpha value is -2.11. The van der Waals surface area contributed by atoms with E-state index in [0.717, 1.165) is 31.8 Å². The zero-order valence-electron chi connectivity index (χ0n) is 20.4. The molecule has 4 nitrogen and oxygen atoms in total. The van der Waals surface area contributed by atoms with E-state index in [1.807, 2.05) is 0 Å². The predicted octanol–water partition coefficient (Wildman–Crippen LogP) is 5.62. The first-order chi connectivity index (χ1) is 15.8. The van der Waals surface area contributed by atoms with Crippen LogP contribution in [-0.2, 0) is 0 Å². The summed E-state index contributed by atoms with van der Waals surface area (Å²) in [4.78, 5) is 4.81. The first kappa shape index (κ1) is 22.7. The molecular weight excluding hydrogens is 413 g/mol. The second kappa shape index (κ2) is 8.92. The second-order valence-electron chi connectivity index (χ2n) is 10.9. The lowest BCUT2D eigenvalue weighted by Crippen LogP contribution is -2.54. The van der Waals surface area contributed by atoms with Gasteiger partial charge in [-0.2, -0.15) is 0 Å². The van der Waals surface area contributed by atoms with E-state index in [1.54, 1.807) is 13.8 Å². The molecule has 2 saturated heterocycles. The number of anilines is 1. The summed E-state index contributed by atoms with van der Waals surface area (Å²) in [6.07, 6.45) is 2.52. The summed E-state index contributed by atoms with van der Waals surface area (Å²) >= 11 is 0. The molecule has 3 heterocycles. The molecule has 4 atom stereocenters. The largest absolute Gasteiger partial charge is 0.488 e. The van der Waals surface area contributed by atoms with Crippen molar-refractivity contribution in [3.8, 4) is 5.75 Å². The molecule has 0 amide bonds. The smallest absolute Gasteiger partial charge is 0.124 e. The van der Waals surface area contributed by atoms with Crippen LogP contribution in [0.25, 0.3) is 0 Å². The Balaban J connectivity index is 1.38. The fourth-order valence-corrected chi connectivity index (χ4v) is 6.10. The van der Waals surface area contributed by atoms with E-state index in [4.69, 9.17) is 4.74 Å². The molecule has 2 fully saturated rings. The lowest BCUT2D eigenvalue weighted by atomic mass is 9.77. The number of hydrogen-bond acceptors (Lipinski definition) is 4. The number of benzene rings is 2. The number of fused-ring (bicyclic) bond motifs is 3. The van der Waals surface area contributed by atoms with Crippen molar-refractivity contribution in [3.05, 3.63) is 59.7 Å². The highest BCUT2D eigenvalue weighted by atomic mass is 19.1. The Morgan fingerprint density at radius 2 is 1.82 bits per heavy atom. The van der Waals surface area contributed by atoms with Crippen molar-refractivity contribution < 1.29 is 9.13 Å². The van der Waals surface area contributed by atoms with Gasteiger partial charge in [-0.25, -0.2) is 4.39 Å². The molecule has 0 radical (unpaired) electrons. The minimum absolute atomic E-state index is 0.110. The van der Waals surface area contributed by atoms with Crippen LogP contribution in [0.2, 0.25) is 0 Å². The molecule has 0 aromatic heterocycles. The van der Waals surface area contributed by atoms with Crippen molar-refractivity contribution in [2.24, 2.45) is 0 Å². The van der Waals surface area contributed by atoms with Gasteiger partial charge in [0.15, 0.2) is 0 Å². The van der Waals surface area contributed by atoms with Gasteiger partial charge in [-0.05, 0) is 69.5 Å². The zero-order chi connectivity index (χ0) is 23.2. The lowest BCUT2D eigenvalue weighted by molar-refractivity contribution is 0.0192. The monoisotopic (exact) mass is 451 g/mol. The highest BCUT2D eigenvalue weighted by Gasteiger charge is 2.47. The molecule has 178 valence electrons. The summed E-state index contributed by atoms with van der Waals surface area (Å²) in [5.41, 5.74) is 2.62. The predicted molar refractivity (Wildman–Crippen MR) is 133 cm³/mol. The Morgan fingerprint density at radius 3 is 2.52 bits per heavy atom. The number of hydrogen-bond donors (Lipinski definition) is 1. The fourth-order valence-electron chi connectivity index (χ4n) is 6.10. The average molecular weight is 452 g/mol. The number of alkyl halides is 1. The molecule has 2 aromatic carbocycles. The zero-order valence-corrected chi connectivity index (χ0v) is 20.4. The van der Waals surface area contributed by atoms with Crippen molar-refractivity contribution in [1.29, 1.82) is 0 Å². The van der Waals surface area contributed by atoms with Gasteiger partial charge in [0.25, 0.3) is 0 Å². The lowest BCUT2D eigenvalue weighted by Gasteiger charge is -2.48. The second-order valence-corrected chi connectivity index (χ2v) is 10.9. The number of nitrogens with zero attached hydrogens (tertiary/aromatic N) is 2. The van der Waals surface area contributed by atoms with Crippen LogP contribution in [0, 0.1) is 0 Å². The SMILES string of the molecule is CCCN1CC(Oc2ccc([C@@H]3C4Nc5ccccc5C4C[C@@H](C)N3CC(C)(C)F)cc2)C1. The average Bonchev–Trinajstić information content (AvgIpc) is 3.10. The van der Waals surface area contributed by atoms with Gasteiger partial charge in [-0.15, -0.1) is 0 Å². The molecule has 5 heteroatoms. The topological polar surface area (TPSA) is 27.7 Å². The van der Waals surface area contributed by atoms with E-state index in [1.165, 1.54) is 23.2 Å². The molecule has 0 bridgehead atoms. The Labute approximate surface area is 198 Å². The van der Waals surface area contributed by atoms with Gasteiger partial charge in [0, 0.05) is 37.3 Å². The van der Waals surface area contributed by atoms with Gasteiger partial charge in [-0.3, -0.25) is 9.80 Å². The third-order valence-corrected chi connectivity index (χ3v) is 7.52. The summed E-state index contributed by atoms with van der Waals surface area (Å²) < 4.78 is 21.1. The fraction of sp³-hybridized carbons (Fsp3) is 0.571. The van der Waals surface area contributed by atoms with Crippen molar-refractivity contribution in [2.45, 2.75) is 76.4 Å². The number of nitrogens with one attached hydrogen (secondary N) is 1. The van der Waals surface area contributed by atoms with Crippen LogP contribution < -0.4 is 10.1 Å². The minimum Gasteiger partial charge on any atom is -0.488 e. The first-order valence-corrected chi connectivity index (χ1v) is 12.6. The van der Waals surface area contributed by atoms with E-state index in [-0.39, 0.29) is 18.2 Å². The van der Waals surface area contributed by atoms with Crippen molar-refractivity contribution in [1.82, 2.24) is 9.80 Å². The molecule has 5 rings (SSSR count). The van der Waals surface area contributed by atoms with E-state index in [9.17, 15) is 4.39 Å². The number of halogens is 1. The summed E-state index contributed by atoms with van der Waals surface area (Å²) in [5, 5.41) is 3.80. The number of para-hydroxylation sites is 1. The van der Waals surface area contributed by atoms with Gasteiger partial charge >= 0.3 is 0 Å². The Bertz CT molecular complexity index is 950. The van der Waals surface area contributed by atoms with Crippen molar-refractivity contribution in [3.63, 3.8) is 0 Å². The summed E-state index contributed by atoms with van der Waals surface area (Å²) in [6, 6.07) is 17.9. The standard InChI is InChI=1S/C28H38FN3O/c1-5-14-31-16-22(17-31)33-21-12-10-20(11-13-21)27-26-24(23-8-6-7-9-25(23)30-26)15-19(2)32(27)18-28(3,4)29/h6-13,19,22,24,26-27,30H,5,14-18H2,1-4H3/t19-,24?,26?,27-/m1/s1. The molecule has 0 aliphatic carbocycles. The molecule has 1 N–H and O–H groups in total. The highest BCUT2D eigenvalue weighted by Crippen LogP contribution is 2.50. The third kappa shape index (κ3) is 4.63. The number of rotatable bonds is 7. The van der Waals surface area contributed by atoms with E-state index in [2.05, 4.69) is 77.5 Å². The van der Waals surface area contributed by atoms with Gasteiger partial charge in [0.05, 0.1) is 12.1 Å². The maximum Gasteiger partial charge on any atom is 0.124 e. The number of piperidine rings is 1. The molecule has 33 heavy (non-hydrogen) atoms. The summed E-state index contributed by atoms with van der Waals surface area (Å²) in [5.74, 6) is 1.37. The molecule has 3 aliphatic heterocycles. The maximum atomic E-state index is 14.9. The molecule has 2 aromatic rings. The molecular formula is C28H38FN3O. The van der Waals surface area contributed by atoms with Crippen LogP contribution in [0.1, 0.15) is 63.6 Å². The summed E-state index contributed by atoms with van der Waals surface area (Å²) in [7, 11) is 0. The highest BCUT2D eigenvalue weighted by molar-refractivity contribution is 5.60.